The second kappa shape index (κ2) is 5.12. The normalized spacial score (nSPS) is 12.4. The van der Waals surface area contributed by atoms with E-state index in [1.54, 1.807) is 0 Å². The molecule has 17 heavy (non-hydrogen) atoms. The fourth-order valence-electron chi connectivity index (χ4n) is 0.779. The summed E-state index contributed by atoms with van der Waals surface area (Å²) < 4.78 is 56.9. The molecule has 0 atom stereocenters. The van der Waals surface area contributed by atoms with Crippen LogP contribution in [0.25, 0.3) is 0 Å². The first-order valence-corrected chi connectivity index (χ1v) is 7.58. The lowest BCUT2D eigenvalue weighted by Crippen LogP contribution is -2.16. The molecule has 0 radical (unpaired) electrons. The summed E-state index contributed by atoms with van der Waals surface area (Å²) in [7, 11) is -8.45. The molecule has 0 amide bonds. The lowest BCUT2D eigenvalue weighted by Gasteiger charge is -2.04. The van der Waals surface area contributed by atoms with Gasteiger partial charge < -0.3 is 4.18 Å². The predicted molar refractivity (Wildman–Crippen MR) is 57.0 cm³/mol. The molecular weight excluding hydrogens is 296 g/mol. The van der Waals surface area contributed by atoms with E-state index in [1.165, 1.54) is 0 Å². The Morgan fingerprint density at radius 1 is 1.35 bits per heavy atom. The first-order chi connectivity index (χ1) is 7.74. The van der Waals surface area contributed by atoms with Crippen LogP contribution in [0.4, 0.5) is 0 Å². The van der Waals surface area contributed by atoms with Gasteiger partial charge in [0.05, 0.1) is 11.9 Å². The van der Waals surface area contributed by atoms with Crippen molar-refractivity contribution in [3.05, 3.63) is 12.3 Å². The molecule has 0 bridgehead atoms. The van der Waals surface area contributed by atoms with Gasteiger partial charge in [-0.3, -0.25) is 4.55 Å². The fourth-order valence-corrected chi connectivity index (χ4v) is 2.39. The van der Waals surface area contributed by atoms with Gasteiger partial charge in [0.2, 0.25) is 0 Å². The lowest BCUT2D eigenvalue weighted by atomic mass is 10.6. The van der Waals surface area contributed by atoms with Gasteiger partial charge in [0, 0.05) is 11.9 Å². The van der Waals surface area contributed by atoms with E-state index in [-0.39, 0.29) is 5.88 Å². The number of alkyl halides is 1. The largest absolute Gasteiger partial charge is 0.360 e. The maximum absolute atomic E-state index is 11.2. The Morgan fingerprint density at radius 2 is 2.00 bits per heavy atom. The fraction of sp³-hybridized carbons (Fsp3) is 0.333. The highest BCUT2D eigenvalue weighted by molar-refractivity contribution is 7.87. The van der Waals surface area contributed by atoms with Crippen molar-refractivity contribution >= 4 is 31.8 Å². The van der Waals surface area contributed by atoms with Crippen LogP contribution in [0.2, 0.25) is 0 Å². The Hall–Kier alpha value is -0.970. The average Bonchev–Trinajstić information content (AvgIpc) is 2.15. The van der Waals surface area contributed by atoms with Gasteiger partial charge in [0.15, 0.2) is 0 Å². The van der Waals surface area contributed by atoms with Crippen molar-refractivity contribution in [3.63, 3.8) is 0 Å². The standard InChI is InChI=1S/C6H7ClN2O6S2/c7-1-2-16(10,11)15-6-3-5(4-8-9-6)17(12,13)14/h3-4H,1-2H2,(H,12,13,14). The minimum Gasteiger partial charge on any atom is -0.360 e. The van der Waals surface area contributed by atoms with E-state index < -0.39 is 36.8 Å². The van der Waals surface area contributed by atoms with Gasteiger partial charge in [-0.1, -0.05) is 0 Å². The summed E-state index contributed by atoms with van der Waals surface area (Å²) in [5.41, 5.74) is 0. The molecule has 0 aliphatic rings. The van der Waals surface area contributed by atoms with Crippen LogP contribution in [0.15, 0.2) is 17.2 Å². The van der Waals surface area contributed by atoms with Gasteiger partial charge in [0.25, 0.3) is 16.0 Å². The molecule has 0 saturated heterocycles. The smallest absolute Gasteiger partial charge is 0.311 e. The van der Waals surface area contributed by atoms with Gasteiger partial charge in [-0.15, -0.1) is 16.7 Å². The van der Waals surface area contributed by atoms with Crippen molar-refractivity contribution in [2.45, 2.75) is 4.90 Å². The van der Waals surface area contributed by atoms with E-state index >= 15 is 0 Å². The Bertz CT molecular complexity index is 599. The monoisotopic (exact) mass is 302 g/mol. The van der Waals surface area contributed by atoms with Gasteiger partial charge in [-0.25, -0.2) is 0 Å². The van der Waals surface area contributed by atoms with Crippen molar-refractivity contribution in [1.82, 2.24) is 10.2 Å². The molecule has 1 aromatic heterocycles. The topological polar surface area (TPSA) is 124 Å². The van der Waals surface area contributed by atoms with Gasteiger partial charge in [-0.2, -0.15) is 21.9 Å². The van der Waals surface area contributed by atoms with E-state index in [4.69, 9.17) is 16.2 Å². The van der Waals surface area contributed by atoms with E-state index in [0.29, 0.717) is 0 Å². The summed E-state index contributed by atoms with van der Waals surface area (Å²) in [5, 5.41) is 6.43. The Morgan fingerprint density at radius 3 is 2.53 bits per heavy atom. The summed E-state index contributed by atoms with van der Waals surface area (Å²) in [4.78, 5) is -0.622. The zero-order valence-electron chi connectivity index (χ0n) is 8.15. The maximum Gasteiger partial charge on any atom is 0.311 e. The Labute approximate surface area is 102 Å². The highest BCUT2D eigenvalue weighted by Crippen LogP contribution is 2.14. The molecule has 0 aliphatic heterocycles. The minimum absolute atomic E-state index is 0.187. The second-order valence-corrected chi connectivity index (χ2v) is 6.23. The van der Waals surface area contributed by atoms with Crippen molar-refractivity contribution in [3.8, 4) is 5.88 Å². The van der Waals surface area contributed by atoms with Crippen molar-refractivity contribution in [2.75, 3.05) is 11.6 Å². The molecule has 0 aromatic carbocycles. The van der Waals surface area contributed by atoms with E-state index in [1.807, 2.05) is 0 Å². The third kappa shape index (κ3) is 4.42. The minimum atomic E-state index is -4.50. The number of nitrogens with zero attached hydrogens (tertiary/aromatic N) is 2. The molecule has 0 aliphatic carbocycles. The number of halogens is 1. The summed E-state index contributed by atoms with van der Waals surface area (Å²) in [6.07, 6.45) is 0.746. The highest BCUT2D eigenvalue weighted by Gasteiger charge is 2.17. The number of rotatable bonds is 5. The lowest BCUT2D eigenvalue weighted by molar-refractivity contribution is 0.464. The van der Waals surface area contributed by atoms with Crippen LogP contribution in [0.1, 0.15) is 0 Å². The maximum atomic E-state index is 11.2. The summed E-state index contributed by atoms with van der Waals surface area (Å²) in [6.45, 7) is 0. The molecule has 96 valence electrons. The number of aromatic nitrogens is 2. The molecule has 0 unspecified atom stereocenters. The molecule has 1 rings (SSSR count). The molecular formula is C6H7ClN2O6S2. The van der Waals surface area contributed by atoms with E-state index in [0.717, 1.165) is 12.3 Å². The van der Waals surface area contributed by atoms with Crippen molar-refractivity contribution < 1.29 is 25.6 Å². The van der Waals surface area contributed by atoms with E-state index in [9.17, 15) is 16.8 Å². The van der Waals surface area contributed by atoms with Crippen LogP contribution in [0.5, 0.6) is 5.88 Å². The molecule has 0 spiro atoms. The zero-order chi connectivity index (χ0) is 13.1. The third-order valence-electron chi connectivity index (χ3n) is 1.44. The molecule has 0 saturated carbocycles. The third-order valence-corrected chi connectivity index (χ3v) is 3.81. The first kappa shape index (κ1) is 14.1. The predicted octanol–water partition coefficient (Wildman–Crippen LogP) is -0.329. The van der Waals surface area contributed by atoms with Crippen LogP contribution in [0.3, 0.4) is 0 Å². The quantitative estimate of drug-likeness (QED) is 0.445. The molecule has 1 aromatic rings. The molecule has 11 heteroatoms. The summed E-state index contributed by atoms with van der Waals surface area (Å²) in [6, 6.07) is 0.730. The summed E-state index contributed by atoms with van der Waals surface area (Å²) in [5.74, 6) is -1.22. The van der Waals surface area contributed by atoms with Crippen LogP contribution in [-0.4, -0.2) is 43.2 Å². The van der Waals surface area contributed by atoms with Crippen molar-refractivity contribution in [2.24, 2.45) is 0 Å². The van der Waals surface area contributed by atoms with Crippen molar-refractivity contribution in [1.29, 1.82) is 0 Å². The van der Waals surface area contributed by atoms with Gasteiger partial charge in [-0.05, 0) is 0 Å². The van der Waals surface area contributed by atoms with Gasteiger partial charge in [0.1, 0.15) is 4.90 Å². The molecule has 1 N–H and O–H groups in total. The Kier molecular flexibility index (Phi) is 4.25. The first-order valence-electron chi connectivity index (χ1n) is 4.03. The van der Waals surface area contributed by atoms with Crippen LogP contribution >= 0.6 is 11.6 Å². The summed E-state index contributed by atoms with van der Waals surface area (Å²) >= 11 is 5.23. The van der Waals surface area contributed by atoms with Crippen LogP contribution < -0.4 is 4.18 Å². The number of hydrogen-bond donors (Lipinski definition) is 1. The molecule has 8 nitrogen and oxygen atoms in total. The molecule has 0 fully saturated rings. The zero-order valence-corrected chi connectivity index (χ0v) is 10.5. The average molecular weight is 303 g/mol. The highest BCUT2D eigenvalue weighted by atomic mass is 35.5. The van der Waals surface area contributed by atoms with Crippen LogP contribution in [0, 0.1) is 0 Å². The van der Waals surface area contributed by atoms with E-state index in [2.05, 4.69) is 14.4 Å². The molecule has 1 heterocycles. The second-order valence-electron chi connectivity index (χ2n) is 2.74. The Balaban J connectivity index is 3.03. The number of hydrogen-bond acceptors (Lipinski definition) is 7. The van der Waals surface area contributed by atoms with Gasteiger partial charge >= 0.3 is 10.1 Å². The SMILES string of the molecule is O=S(=O)(CCCl)Oc1cc(S(=O)(=O)O)cnn1. The van der Waals surface area contributed by atoms with Crippen LogP contribution in [-0.2, 0) is 20.2 Å².